The van der Waals surface area contributed by atoms with Crippen molar-refractivity contribution in [1.29, 1.82) is 0 Å². The van der Waals surface area contributed by atoms with E-state index in [1.165, 1.54) is 18.4 Å². The third-order valence-electron chi connectivity index (χ3n) is 5.82. The topological polar surface area (TPSA) is 54.5 Å². The molecule has 0 radical (unpaired) electrons. The van der Waals surface area contributed by atoms with Crippen LogP contribution in [0.2, 0.25) is 0 Å². The molecule has 0 bridgehead atoms. The Kier molecular flexibility index (Phi) is 6.34. The highest BCUT2D eigenvalue weighted by Gasteiger charge is 2.25. The Labute approximate surface area is 167 Å². The Morgan fingerprint density at radius 1 is 1.14 bits per heavy atom. The van der Waals surface area contributed by atoms with Crippen LogP contribution in [0.15, 0.2) is 48.7 Å². The first-order chi connectivity index (χ1) is 13.8. The molecule has 148 valence electrons. The Morgan fingerprint density at radius 2 is 2.04 bits per heavy atom. The van der Waals surface area contributed by atoms with Gasteiger partial charge >= 0.3 is 0 Å². The second kappa shape index (κ2) is 9.30. The molecule has 2 saturated heterocycles. The van der Waals surface area contributed by atoms with Crippen LogP contribution in [0.1, 0.15) is 53.2 Å². The summed E-state index contributed by atoms with van der Waals surface area (Å²) >= 11 is 0. The molecule has 0 spiro atoms. The molecule has 1 aromatic carbocycles. The van der Waals surface area contributed by atoms with Crippen LogP contribution in [0.4, 0.5) is 0 Å². The first kappa shape index (κ1) is 19.1. The maximum Gasteiger partial charge on any atom is 0.253 e. The summed E-state index contributed by atoms with van der Waals surface area (Å²) in [4.78, 5) is 19.3. The van der Waals surface area contributed by atoms with Gasteiger partial charge in [-0.2, -0.15) is 0 Å². The molecule has 1 aromatic heterocycles. The zero-order valence-corrected chi connectivity index (χ0v) is 16.3. The van der Waals surface area contributed by atoms with Gasteiger partial charge in [-0.25, -0.2) is 0 Å². The summed E-state index contributed by atoms with van der Waals surface area (Å²) in [7, 11) is 0. The minimum Gasteiger partial charge on any atom is -0.372 e. The number of hydrogen-bond acceptors (Lipinski definition) is 4. The lowest BCUT2D eigenvalue weighted by molar-refractivity contribution is -0.00161. The molecule has 2 aromatic rings. The lowest BCUT2D eigenvalue weighted by Crippen LogP contribution is -2.41. The molecule has 1 atom stereocenters. The molecule has 0 unspecified atom stereocenters. The van der Waals surface area contributed by atoms with Gasteiger partial charge in [-0.1, -0.05) is 18.2 Å². The van der Waals surface area contributed by atoms with Gasteiger partial charge in [0.05, 0.1) is 18.4 Å². The van der Waals surface area contributed by atoms with E-state index in [-0.39, 0.29) is 12.0 Å². The number of carbonyl (C=O) groups is 1. The average Bonchev–Trinajstić information content (AvgIpc) is 2.79. The minimum absolute atomic E-state index is 0.147. The highest BCUT2D eigenvalue weighted by atomic mass is 16.5. The maximum absolute atomic E-state index is 13.0. The van der Waals surface area contributed by atoms with Crippen molar-refractivity contribution in [3.63, 3.8) is 0 Å². The van der Waals surface area contributed by atoms with E-state index >= 15 is 0 Å². The fourth-order valence-electron chi connectivity index (χ4n) is 4.16. The van der Waals surface area contributed by atoms with Crippen LogP contribution in [0, 0.1) is 0 Å². The summed E-state index contributed by atoms with van der Waals surface area (Å²) in [6.07, 6.45) is 6.15. The number of amides is 1. The molecule has 28 heavy (non-hydrogen) atoms. The number of rotatable bonds is 5. The van der Waals surface area contributed by atoms with Crippen LogP contribution in [0.25, 0.3) is 0 Å². The van der Waals surface area contributed by atoms with E-state index in [1.54, 1.807) is 6.20 Å². The number of piperidine rings is 2. The number of carbonyl (C=O) groups excluding carboxylic acids is 1. The number of pyridine rings is 1. The summed E-state index contributed by atoms with van der Waals surface area (Å²) in [6.45, 7) is 4.15. The molecule has 2 aliphatic rings. The first-order valence-corrected chi connectivity index (χ1v) is 10.4. The Hall–Kier alpha value is -2.24. The van der Waals surface area contributed by atoms with Crippen LogP contribution in [-0.2, 0) is 11.3 Å². The lowest BCUT2D eigenvalue weighted by atomic mass is 9.90. The predicted octanol–water partition coefficient (Wildman–Crippen LogP) is 3.37. The van der Waals surface area contributed by atoms with Crippen LogP contribution >= 0.6 is 0 Å². The van der Waals surface area contributed by atoms with Gasteiger partial charge in [0, 0.05) is 31.4 Å². The van der Waals surface area contributed by atoms with Crippen LogP contribution in [0.5, 0.6) is 0 Å². The van der Waals surface area contributed by atoms with Crippen molar-refractivity contribution in [2.45, 2.75) is 44.3 Å². The third kappa shape index (κ3) is 4.78. The molecule has 3 heterocycles. The number of nitrogens with one attached hydrogen (secondary N) is 1. The van der Waals surface area contributed by atoms with Gasteiger partial charge in [0.15, 0.2) is 0 Å². The second-order valence-electron chi connectivity index (χ2n) is 7.79. The van der Waals surface area contributed by atoms with Crippen LogP contribution < -0.4 is 5.32 Å². The number of hydrogen-bond donors (Lipinski definition) is 1. The van der Waals surface area contributed by atoms with Crippen molar-refractivity contribution >= 4 is 5.91 Å². The van der Waals surface area contributed by atoms with Gasteiger partial charge in [0.2, 0.25) is 0 Å². The van der Waals surface area contributed by atoms with E-state index in [0.29, 0.717) is 12.5 Å². The molecular formula is C23H29N3O2. The fourth-order valence-corrected chi connectivity index (χ4v) is 4.16. The standard InChI is InChI=1S/C23H29N3O2/c27-23(19-6-3-5-18(15-19)20-7-4-11-24-16-20)26-13-9-22(10-14-26)28-17-21-8-1-2-12-25-21/h1-3,5-6,8,12,15,20,22,24H,4,7,9-11,13-14,16-17H2/t20-/m0/s1. The summed E-state index contributed by atoms with van der Waals surface area (Å²) in [6, 6.07) is 14.1. The average molecular weight is 380 g/mol. The number of ether oxygens (including phenoxy) is 1. The Bertz CT molecular complexity index is 766. The zero-order chi connectivity index (χ0) is 19.2. The smallest absolute Gasteiger partial charge is 0.253 e. The molecule has 1 N–H and O–H groups in total. The summed E-state index contributed by atoms with van der Waals surface area (Å²) in [5.41, 5.74) is 3.05. The van der Waals surface area contributed by atoms with Crippen molar-refractivity contribution in [1.82, 2.24) is 15.2 Å². The highest BCUT2D eigenvalue weighted by molar-refractivity contribution is 5.94. The van der Waals surface area contributed by atoms with Crippen molar-refractivity contribution in [2.75, 3.05) is 26.2 Å². The van der Waals surface area contributed by atoms with E-state index in [9.17, 15) is 4.79 Å². The fraction of sp³-hybridized carbons (Fsp3) is 0.478. The van der Waals surface area contributed by atoms with Gasteiger partial charge < -0.3 is 15.0 Å². The van der Waals surface area contributed by atoms with E-state index in [2.05, 4.69) is 22.4 Å². The molecule has 2 aliphatic heterocycles. The van der Waals surface area contributed by atoms with Crippen LogP contribution in [-0.4, -0.2) is 48.1 Å². The van der Waals surface area contributed by atoms with Crippen molar-refractivity contribution in [2.24, 2.45) is 0 Å². The van der Waals surface area contributed by atoms with Gasteiger partial charge in [-0.15, -0.1) is 0 Å². The molecule has 0 aliphatic carbocycles. The van der Waals surface area contributed by atoms with Gasteiger partial charge in [0.1, 0.15) is 0 Å². The number of aromatic nitrogens is 1. The molecule has 5 heteroatoms. The third-order valence-corrected chi connectivity index (χ3v) is 5.82. The Morgan fingerprint density at radius 3 is 2.79 bits per heavy atom. The lowest BCUT2D eigenvalue weighted by Gasteiger charge is -2.32. The van der Waals surface area contributed by atoms with Gasteiger partial charge in [0.25, 0.3) is 5.91 Å². The first-order valence-electron chi connectivity index (χ1n) is 10.4. The summed E-state index contributed by atoms with van der Waals surface area (Å²) in [5, 5.41) is 3.46. The molecule has 5 nitrogen and oxygen atoms in total. The van der Waals surface area contributed by atoms with Crippen molar-refractivity contribution < 1.29 is 9.53 Å². The monoisotopic (exact) mass is 379 g/mol. The molecule has 1 amide bonds. The molecule has 4 rings (SSSR count). The Balaban J connectivity index is 1.30. The van der Waals surface area contributed by atoms with Gasteiger partial charge in [-0.3, -0.25) is 9.78 Å². The normalized spacial score (nSPS) is 20.9. The van der Waals surface area contributed by atoms with Crippen LogP contribution in [0.3, 0.4) is 0 Å². The summed E-state index contributed by atoms with van der Waals surface area (Å²) in [5.74, 6) is 0.668. The van der Waals surface area contributed by atoms with E-state index in [0.717, 1.165) is 50.3 Å². The van der Waals surface area contributed by atoms with Crippen molar-refractivity contribution in [3.8, 4) is 0 Å². The largest absolute Gasteiger partial charge is 0.372 e. The van der Waals surface area contributed by atoms with E-state index in [1.807, 2.05) is 35.2 Å². The second-order valence-corrected chi connectivity index (χ2v) is 7.79. The number of benzene rings is 1. The van der Waals surface area contributed by atoms with E-state index in [4.69, 9.17) is 4.74 Å². The van der Waals surface area contributed by atoms with Gasteiger partial charge in [-0.05, 0) is 68.0 Å². The quantitative estimate of drug-likeness (QED) is 0.865. The molecular weight excluding hydrogens is 350 g/mol. The maximum atomic E-state index is 13.0. The van der Waals surface area contributed by atoms with Crippen molar-refractivity contribution in [3.05, 3.63) is 65.5 Å². The summed E-state index contributed by atoms with van der Waals surface area (Å²) < 4.78 is 5.99. The number of likely N-dealkylation sites (tertiary alicyclic amines) is 1. The predicted molar refractivity (Wildman–Crippen MR) is 109 cm³/mol. The van der Waals surface area contributed by atoms with E-state index < -0.39 is 0 Å². The minimum atomic E-state index is 0.147. The molecule has 2 fully saturated rings. The number of nitrogens with zero attached hydrogens (tertiary/aromatic N) is 2. The molecule has 0 saturated carbocycles. The highest BCUT2D eigenvalue weighted by Crippen LogP contribution is 2.25. The zero-order valence-electron chi connectivity index (χ0n) is 16.3. The SMILES string of the molecule is O=C(c1cccc([C@H]2CCCNC2)c1)N1CCC(OCc2ccccn2)CC1.